The number of unbranched alkanes of at least 4 members (excludes halogenated alkanes) is 15. The lowest BCUT2D eigenvalue weighted by Crippen LogP contribution is -2.29. The molecule has 0 aliphatic heterocycles. The zero-order chi connectivity index (χ0) is 29.9. The molecule has 0 bridgehead atoms. The monoisotopic (exact) mass is 596 g/mol. The molecule has 0 saturated heterocycles. The minimum absolute atomic E-state index is 0.190. The number of esters is 2. The van der Waals surface area contributed by atoms with Crippen molar-refractivity contribution in [2.45, 2.75) is 148 Å². The highest BCUT2D eigenvalue weighted by molar-refractivity contribution is 7.47. The highest BCUT2D eigenvalue weighted by atomic mass is 31.2. The van der Waals surface area contributed by atoms with Crippen molar-refractivity contribution >= 4 is 19.8 Å². The number of carbonyl (C=O) groups is 2. The fraction of sp³-hybridized carbons (Fsp3) is 0.931. The summed E-state index contributed by atoms with van der Waals surface area (Å²) in [7, 11) is -4.59. The number of carbonyl (C=O) groups excluding carboxylic acids is 2. The number of phosphoric ester groups is 1. The van der Waals surface area contributed by atoms with Crippen LogP contribution in [0.2, 0.25) is 0 Å². The van der Waals surface area contributed by atoms with Crippen LogP contribution in [-0.2, 0) is 32.7 Å². The fourth-order valence-electron chi connectivity index (χ4n) is 4.05. The largest absolute Gasteiger partial charge is 0.472 e. The Morgan fingerprint density at radius 2 is 1.07 bits per heavy atom. The van der Waals surface area contributed by atoms with E-state index in [4.69, 9.17) is 19.1 Å². The molecule has 238 valence electrons. The standard InChI is InChI=1S/C29H57O10P/c1-3-5-7-9-10-11-12-13-14-15-17-19-21-29(33)39-27(24-36-28(32)20-18-16-8-6-4-2)25-38-40(34,35)37-23-26(31)22-30/h26-27,30-31H,3-25H2,1-2H3,(H,34,35). The molecule has 40 heavy (non-hydrogen) atoms. The second kappa shape index (κ2) is 26.8. The third kappa shape index (κ3) is 25.9. The van der Waals surface area contributed by atoms with E-state index >= 15 is 0 Å². The van der Waals surface area contributed by atoms with Gasteiger partial charge in [0.1, 0.15) is 12.7 Å². The molecule has 0 spiro atoms. The molecule has 0 fully saturated rings. The van der Waals surface area contributed by atoms with E-state index in [0.29, 0.717) is 12.8 Å². The number of hydrogen-bond acceptors (Lipinski definition) is 9. The minimum Gasteiger partial charge on any atom is -0.462 e. The maximum absolute atomic E-state index is 12.4. The fourth-order valence-corrected chi connectivity index (χ4v) is 4.84. The highest BCUT2D eigenvalue weighted by Crippen LogP contribution is 2.43. The topological polar surface area (TPSA) is 149 Å². The first kappa shape index (κ1) is 39.0. The predicted molar refractivity (Wildman–Crippen MR) is 155 cm³/mol. The summed E-state index contributed by atoms with van der Waals surface area (Å²) in [6, 6.07) is 0. The molecule has 10 nitrogen and oxygen atoms in total. The summed E-state index contributed by atoms with van der Waals surface area (Å²) < 4.78 is 32.2. The molecule has 11 heteroatoms. The van der Waals surface area contributed by atoms with Gasteiger partial charge in [-0.15, -0.1) is 0 Å². The van der Waals surface area contributed by atoms with Gasteiger partial charge in [0.05, 0.1) is 19.8 Å². The van der Waals surface area contributed by atoms with Crippen molar-refractivity contribution in [2.24, 2.45) is 0 Å². The van der Waals surface area contributed by atoms with E-state index in [1.807, 2.05) is 0 Å². The van der Waals surface area contributed by atoms with Gasteiger partial charge in [0.15, 0.2) is 6.10 Å². The summed E-state index contributed by atoms with van der Waals surface area (Å²) in [4.78, 5) is 34.3. The van der Waals surface area contributed by atoms with Crippen LogP contribution in [0.4, 0.5) is 0 Å². The van der Waals surface area contributed by atoms with Gasteiger partial charge in [-0.05, 0) is 12.8 Å². The van der Waals surface area contributed by atoms with E-state index in [-0.39, 0.29) is 19.4 Å². The average Bonchev–Trinajstić information content (AvgIpc) is 2.93. The Bertz CT molecular complexity index is 661. The van der Waals surface area contributed by atoms with Crippen molar-refractivity contribution in [3.63, 3.8) is 0 Å². The average molecular weight is 597 g/mol. The summed E-state index contributed by atoms with van der Waals surface area (Å²) >= 11 is 0. The lowest BCUT2D eigenvalue weighted by molar-refractivity contribution is -0.161. The van der Waals surface area contributed by atoms with Crippen molar-refractivity contribution in [3.05, 3.63) is 0 Å². The van der Waals surface area contributed by atoms with Crippen LogP contribution in [0.25, 0.3) is 0 Å². The van der Waals surface area contributed by atoms with Crippen molar-refractivity contribution in [2.75, 3.05) is 26.4 Å². The van der Waals surface area contributed by atoms with Crippen molar-refractivity contribution in [1.82, 2.24) is 0 Å². The molecular formula is C29H57O10P. The molecular weight excluding hydrogens is 539 g/mol. The molecule has 0 aromatic rings. The van der Waals surface area contributed by atoms with E-state index in [1.54, 1.807) is 0 Å². The zero-order valence-corrected chi connectivity index (χ0v) is 26.0. The summed E-state index contributed by atoms with van der Waals surface area (Å²) in [6.45, 7) is 2.24. The first-order valence-corrected chi connectivity index (χ1v) is 17.0. The Morgan fingerprint density at radius 3 is 1.55 bits per heavy atom. The maximum atomic E-state index is 12.4. The van der Waals surface area contributed by atoms with Gasteiger partial charge in [-0.25, -0.2) is 4.57 Å². The molecule has 0 aliphatic carbocycles. The molecule has 0 aromatic carbocycles. The summed E-state index contributed by atoms with van der Waals surface area (Å²) in [6.07, 6.45) is 17.0. The van der Waals surface area contributed by atoms with Crippen molar-refractivity contribution < 1.29 is 47.8 Å². The second-order valence-corrected chi connectivity index (χ2v) is 11.9. The van der Waals surface area contributed by atoms with Crippen LogP contribution in [0.1, 0.15) is 136 Å². The van der Waals surface area contributed by atoms with Gasteiger partial charge >= 0.3 is 19.8 Å². The van der Waals surface area contributed by atoms with Crippen molar-refractivity contribution in [3.8, 4) is 0 Å². The van der Waals surface area contributed by atoms with Gasteiger partial charge in [0, 0.05) is 12.8 Å². The van der Waals surface area contributed by atoms with E-state index in [0.717, 1.165) is 44.9 Å². The molecule has 0 radical (unpaired) electrons. The van der Waals surface area contributed by atoms with Crippen LogP contribution < -0.4 is 0 Å². The van der Waals surface area contributed by atoms with E-state index in [9.17, 15) is 24.2 Å². The normalized spacial score (nSPS) is 14.4. The summed E-state index contributed by atoms with van der Waals surface area (Å²) in [5.41, 5.74) is 0. The van der Waals surface area contributed by atoms with Gasteiger partial charge in [-0.3, -0.25) is 18.6 Å². The van der Waals surface area contributed by atoms with Gasteiger partial charge < -0.3 is 24.6 Å². The van der Waals surface area contributed by atoms with Crippen molar-refractivity contribution in [1.29, 1.82) is 0 Å². The van der Waals surface area contributed by atoms with Crippen LogP contribution in [0.3, 0.4) is 0 Å². The van der Waals surface area contributed by atoms with E-state index in [1.165, 1.54) is 51.4 Å². The molecule has 3 N–H and O–H groups in total. The third-order valence-corrected chi connectivity index (χ3v) is 7.46. The minimum atomic E-state index is -4.59. The predicted octanol–water partition coefficient (Wildman–Crippen LogP) is 6.38. The van der Waals surface area contributed by atoms with Crippen LogP contribution in [0.5, 0.6) is 0 Å². The van der Waals surface area contributed by atoms with E-state index < -0.39 is 51.8 Å². The Kier molecular flexibility index (Phi) is 26.2. The van der Waals surface area contributed by atoms with Crippen LogP contribution in [0.15, 0.2) is 0 Å². The molecule has 3 unspecified atom stereocenters. The zero-order valence-electron chi connectivity index (χ0n) is 25.1. The smallest absolute Gasteiger partial charge is 0.462 e. The molecule has 0 saturated carbocycles. The van der Waals surface area contributed by atoms with Gasteiger partial charge in [-0.1, -0.05) is 110 Å². The molecule has 0 aromatic heterocycles. The SMILES string of the molecule is CCCCCCCCCCCCCCC(=O)OC(COC(=O)CCCCCCC)COP(=O)(O)OCC(O)CO. The Morgan fingerprint density at radius 1 is 0.650 bits per heavy atom. The number of phosphoric acid groups is 1. The van der Waals surface area contributed by atoms with Crippen LogP contribution >= 0.6 is 7.82 Å². The Hall–Kier alpha value is -1.03. The number of hydrogen-bond donors (Lipinski definition) is 3. The number of ether oxygens (including phenoxy) is 2. The maximum Gasteiger partial charge on any atom is 0.472 e. The number of rotatable bonds is 29. The Balaban J connectivity index is 4.40. The van der Waals surface area contributed by atoms with E-state index in [2.05, 4.69) is 18.4 Å². The van der Waals surface area contributed by atoms with Crippen LogP contribution in [0, 0.1) is 0 Å². The molecule has 0 rings (SSSR count). The number of aliphatic hydroxyl groups excluding tert-OH is 2. The van der Waals surface area contributed by atoms with Gasteiger partial charge in [0.25, 0.3) is 0 Å². The first-order valence-electron chi connectivity index (χ1n) is 15.5. The quantitative estimate of drug-likeness (QED) is 0.0504. The van der Waals surface area contributed by atoms with Gasteiger partial charge in [-0.2, -0.15) is 0 Å². The molecule has 0 heterocycles. The second-order valence-electron chi connectivity index (χ2n) is 10.5. The first-order chi connectivity index (χ1) is 19.2. The molecule has 0 amide bonds. The molecule has 0 aliphatic rings. The Labute approximate surface area is 242 Å². The van der Waals surface area contributed by atoms with Gasteiger partial charge in [0.2, 0.25) is 0 Å². The third-order valence-electron chi connectivity index (χ3n) is 6.51. The summed E-state index contributed by atoms with van der Waals surface area (Å²) in [5, 5.41) is 18.1. The lowest BCUT2D eigenvalue weighted by atomic mass is 10.0. The summed E-state index contributed by atoms with van der Waals surface area (Å²) in [5.74, 6) is -0.936. The van der Waals surface area contributed by atoms with Crippen LogP contribution in [-0.4, -0.2) is 65.7 Å². The highest BCUT2D eigenvalue weighted by Gasteiger charge is 2.27. The number of aliphatic hydroxyl groups is 2. The molecule has 3 atom stereocenters. The lowest BCUT2D eigenvalue weighted by Gasteiger charge is -2.20.